The Morgan fingerprint density at radius 3 is 1.28 bits per heavy atom. The van der Waals surface area contributed by atoms with Gasteiger partial charge in [0.15, 0.2) is 16.9 Å². The highest BCUT2D eigenvalue weighted by atomic mass is 32.2. The fourth-order valence-corrected chi connectivity index (χ4v) is 10.3. The van der Waals surface area contributed by atoms with Gasteiger partial charge in [-0.05, 0) is 41.5 Å². The molecule has 0 unspecified atom stereocenters. The molecule has 9 aromatic rings. The lowest BCUT2D eigenvalue weighted by molar-refractivity contribution is 0.326. The minimum Gasteiger partial charge on any atom is -0.281 e. The Kier molecular flexibility index (Phi) is 17.0. The molecular weight excluding hydrogens is 999 g/mol. The second-order valence-corrected chi connectivity index (χ2v) is 21.2. The Morgan fingerprint density at radius 1 is 0.549 bits per heavy atom. The minimum atomic E-state index is -3.32. The first kappa shape index (κ1) is 53.2. The van der Waals surface area contributed by atoms with Crippen LogP contribution >= 0.6 is 34.0 Å². The van der Waals surface area contributed by atoms with E-state index in [1.807, 2.05) is 41.5 Å². The van der Waals surface area contributed by atoms with Crippen molar-refractivity contribution >= 4 is 77.2 Å². The number of nitrogens with zero attached hydrogens (tertiary/aromatic N) is 14. The summed E-state index contributed by atoms with van der Waals surface area (Å²) in [5.41, 5.74) is 1.55. The molecule has 9 heterocycles. The summed E-state index contributed by atoms with van der Waals surface area (Å²) in [6, 6.07) is 0. The molecule has 24 nitrogen and oxygen atoms in total. The van der Waals surface area contributed by atoms with Crippen LogP contribution in [0.2, 0.25) is 0 Å². The molecule has 0 aromatic carbocycles. The van der Waals surface area contributed by atoms with Gasteiger partial charge in [0.25, 0.3) is 26.8 Å². The number of aryl methyl sites for hydroxylation is 11. The SMILES string of the molecule is Cc1nc(C)c(CCOS(C)(=O)=O)s1.Cc1nc(C)c(CCn2c(=O)c3cncnc3n(C)c2=O)s1.Cc1nc(C)c(CCn2c(=O)c3cncnc3n(C)c2=O)s1.Cn1c(=O)[nH]c(=O)c2cncnc21. The van der Waals surface area contributed by atoms with Crippen LogP contribution in [-0.2, 0) is 67.8 Å². The molecule has 71 heavy (non-hydrogen) atoms. The molecule has 0 aliphatic heterocycles. The lowest BCUT2D eigenvalue weighted by Gasteiger charge is -2.09. The van der Waals surface area contributed by atoms with E-state index < -0.39 is 21.4 Å². The molecule has 1 N–H and O–H groups in total. The van der Waals surface area contributed by atoms with Gasteiger partial charge in [-0.1, -0.05) is 0 Å². The summed E-state index contributed by atoms with van der Waals surface area (Å²) < 4.78 is 32.5. The van der Waals surface area contributed by atoms with Crippen molar-refractivity contribution in [2.75, 3.05) is 12.9 Å². The Morgan fingerprint density at radius 2 is 0.915 bits per heavy atom. The van der Waals surface area contributed by atoms with Crippen molar-refractivity contribution < 1.29 is 12.6 Å². The summed E-state index contributed by atoms with van der Waals surface area (Å²) in [5.74, 6) is 0. The van der Waals surface area contributed by atoms with Crippen LogP contribution in [0.25, 0.3) is 33.1 Å². The monoisotopic (exact) mass is 1050 g/mol. The van der Waals surface area contributed by atoms with Crippen molar-refractivity contribution in [1.82, 2.24) is 72.7 Å². The van der Waals surface area contributed by atoms with E-state index in [0.29, 0.717) is 65.5 Å². The third-order valence-corrected chi connectivity index (χ3v) is 14.5. The number of fused-ring (bicyclic) bond motifs is 3. The first-order valence-electron chi connectivity index (χ1n) is 21.4. The van der Waals surface area contributed by atoms with Crippen molar-refractivity contribution in [1.29, 1.82) is 0 Å². The first-order valence-corrected chi connectivity index (χ1v) is 25.6. The molecule has 0 radical (unpaired) electrons. The van der Waals surface area contributed by atoms with Gasteiger partial charge in [-0.2, -0.15) is 8.42 Å². The first-order chi connectivity index (χ1) is 33.6. The second-order valence-electron chi connectivity index (χ2n) is 15.7. The van der Waals surface area contributed by atoms with Crippen molar-refractivity contribution in [3.63, 3.8) is 0 Å². The summed E-state index contributed by atoms with van der Waals surface area (Å²) in [5, 5.41) is 3.98. The van der Waals surface area contributed by atoms with Crippen molar-refractivity contribution in [3.05, 3.63) is 147 Å². The largest absolute Gasteiger partial charge is 0.332 e. The van der Waals surface area contributed by atoms with Crippen LogP contribution in [0.5, 0.6) is 0 Å². The van der Waals surface area contributed by atoms with E-state index in [1.54, 1.807) is 48.1 Å². The number of rotatable bonds is 10. The molecule has 0 atom stereocenters. The quantitative estimate of drug-likeness (QED) is 0.191. The molecule has 0 amide bonds. The third-order valence-electron chi connectivity index (χ3n) is 10.5. The van der Waals surface area contributed by atoms with Crippen LogP contribution in [0.1, 0.15) is 46.7 Å². The average Bonchev–Trinajstić information content (AvgIpc) is 3.96. The van der Waals surface area contributed by atoms with E-state index in [2.05, 4.69) is 54.0 Å². The van der Waals surface area contributed by atoms with Gasteiger partial charge < -0.3 is 0 Å². The summed E-state index contributed by atoms with van der Waals surface area (Å²) >= 11 is 4.77. The predicted molar refractivity (Wildman–Crippen MR) is 270 cm³/mol. The van der Waals surface area contributed by atoms with Gasteiger partial charge in [0, 0.05) is 86.7 Å². The van der Waals surface area contributed by atoms with Crippen LogP contribution in [0, 0.1) is 41.5 Å². The van der Waals surface area contributed by atoms with Crippen molar-refractivity contribution in [3.8, 4) is 0 Å². The van der Waals surface area contributed by atoms with E-state index in [-0.39, 0.29) is 29.1 Å². The van der Waals surface area contributed by atoms with E-state index in [9.17, 15) is 37.2 Å². The highest BCUT2D eigenvalue weighted by Crippen LogP contribution is 2.20. The highest BCUT2D eigenvalue weighted by molar-refractivity contribution is 7.86. The van der Waals surface area contributed by atoms with Crippen LogP contribution in [-0.4, -0.2) is 94.0 Å². The van der Waals surface area contributed by atoms with Crippen molar-refractivity contribution in [2.24, 2.45) is 21.1 Å². The van der Waals surface area contributed by atoms with Crippen LogP contribution in [0.3, 0.4) is 0 Å². The second kappa shape index (κ2) is 22.7. The van der Waals surface area contributed by atoms with Gasteiger partial charge in [0.1, 0.15) is 35.1 Å². The van der Waals surface area contributed by atoms with Crippen LogP contribution < -0.4 is 33.7 Å². The number of nitrogens with one attached hydrogen (secondary N) is 1. The molecule has 374 valence electrons. The fraction of sp³-hybridized carbons (Fsp3) is 0.372. The van der Waals surface area contributed by atoms with Crippen LogP contribution in [0.15, 0.2) is 66.3 Å². The van der Waals surface area contributed by atoms with Crippen LogP contribution in [0.4, 0.5) is 0 Å². The molecule has 0 saturated heterocycles. The van der Waals surface area contributed by atoms with E-state index in [0.717, 1.165) is 53.0 Å². The van der Waals surface area contributed by atoms with Gasteiger partial charge in [0.05, 0.1) is 45.0 Å². The molecule has 0 aliphatic rings. The minimum absolute atomic E-state index is 0.196. The topological polar surface area (TPSA) is 302 Å². The fourth-order valence-electron chi connectivity index (χ4n) is 7.11. The zero-order chi connectivity index (χ0) is 51.9. The van der Waals surface area contributed by atoms with E-state index in [4.69, 9.17) is 0 Å². The number of H-pyrrole nitrogens is 1. The predicted octanol–water partition coefficient (Wildman–Crippen LogP) is 1.91. The Labute approximate surface area is 415 Å². The molecule has 9 aromatic heterocycles. The summed E-state index contributed by atoms with van der Waals surface area (Å²) in [7, 11) is 1.43. The van der Waals surface area contributed by atoms with Gasteiger partial charge in [-0.3, -0.25) is 46.4 Å². The van der Waals surface area contributed by atoms with Gasteiger partial charge in [-0.25, -0.2) is 59.2 Å². The molecule has 0 aliphatic carbocycles. The van der Waals surface area contributed by atoms with E-state index >= 15 is 0 Å². The number of hydrogen-bond acceptors (Lipinski definition) is 21. The van der Waals surface area contributed by atoms with Gasteiger partial charge >= 0.3 is 17.1 Å². The Bertz CT molecular complexity index is 3740. The molecule has 0 bridgehead atoms. The Balaban J connectivity index is 0.000000159. The third kappa shape index (κ3) is 12.8. The summed E-state index contributed by atoms with van der Waals surface area (Å²) in [6.07, 6.45) is 11.1. The summed E-state index contributed by atoms with van der Waals surface area (Å²) in [4.78, 5) is 114. The van der Waals surface area contributed by atoms with Crippen molar-refractivity contribution in [2.45, 2.75) is 73.9 Å². The maximum atomic E-state index is 12.5. The van der Waals surface area contributed by atoms with Gasteiger partial charge in [0.2, 0.25) is 0 Å². The zero-order valence-corrected chi connectivity index (χ0v) is 43.5. The van der Waals surface area contributed by atoms with E-state index in [1.165, 1.54) is 67.5 Å². The lowest BCUT2D eigenvalue weighted by atomic mass is 10.3. The Hall–Kier alpha value is -7.14. The smallest absolute Gasteiger partial charge is 0.281 e. The average molecular weight is 1050 g/mol. The number of aromatic amines is 1. The number of hydrogen-bond donors (Lipinski definition) is 1. The molecule has 0 spiro atoms. The number of aromatic nitrogens is 15. The lowest BCUT2D eigenvalue weighted by Crippen LogP contribution is -2.39. The maximum absolute atomic E-state index is 12.5. The molecule has 9 rings (SSSR count). The molecular formula is C43H49N15O9S4. The molecule has 0 saturated carbocycles. The maximum Gasteiger partial charge on any atom is 0.332 e. The molecule has 0 fully saturated rings. The molecule has 28 heteroatoms. The number of thiazole rings is 3. The normalized spacial score (nSPS) is 11.2. The highest BCUT2D eigenvalue weighted by Gasteiger charge is 2.15. The van der Waals surface area contributed by atoms with Gasteiger partial charge in [-0.15, -0.1) is 34.0 Å². The zero-order valence-electron chi connectivity index (χ0n) is 40.3. The summed E-state index contributed by atoms with van der Waals surface area (Å²) in [6.45, 7) is 12.4. The standard InChI is InChI=1S/2C14H15N5O2S.C8H13NO3S2.C7H6N4O2/c2*1-8-11(22-9(2)17-8)4-5-19-13(20)10-6-15-7-16-12(10)18(3)14(19)21;1-6-8(13-7(2)9-6)4-5-12-14(3,10)11;1-11-5-4(2-8-3-9-5)6(12)10-7(11)13/h2*6-7H,4-5H2,1-3H3;4-5H2,1-3H3;2-3H,1H3,(H,10,12,13).